The van der Waals surface area contributed by atoms with Crippen LogP contribution in [0.2, 0.25) is 0 Å². The molecule has 0 amide bonds. The molecule has 1 aromatic rings. The fraction of sp³-hybridized carbons (Fsp3) is 0.692. The molecule has 4 nitrogen and oxygen atoms in total. The topological polar surface area (TPSA) is 58.0 Å². The average molecular weight is 235 g/mol. The van der Waals surface area contributed by atoms with Crippen LogP contribution in [0.25, 0.3) is 0 Å². The van der Waals surface area contributed by atoms with E-state index in [0.717, 1.165) is 30.9 Å². The quantitative estimate of drug-likeness (QED) is 0.842. The van der Waals surface area contributed by atoms with Gasteiger partial charge in [-0.2, -0.15) is 0 Å². The molecular weight excluding hydrogens is 214 g/mol. The Morgan fingerprint density at radius 1 is 1.41 bits per heavy atom. The lowest BCUT2D eigenvalue weighted by Gasteiger charge is -2.37. The van der Waals surface area contributed by atoms with Gasteiger partial charge in [0.15, 0.2) is 0 Å². The molecule has 17 heavy (non-hydrogen) atoms. The minimum absolute atomic E-state index is 0.0257. The van der Waals surface area contributed by atoms with Crippen LogP contribution in [-0.2, 0) is 0 Å². The number of aryl methyl sites for hydroxylation is 1. The highest BCUT2D eigenvalue weighted by molar-refractivity contribution is 5.33. The van der Waals surface area contributed by atoms with Crippen LogP contribution in [0.15, 0.2) is 12.3 Å². The first-order chi connectivity index (χ1) is 7.93. The number of nitrogens with one attached hydrogen (secondary N) is 1. The van der Waals surface area contributed by atoms with Crippen molar-refractivity contribution < 1.29 is 5.11 Å². The van der Waals surface area contributed by atoms with Crippen LogP contribution in [0.1, 0.15) is 38.9 Å². The van der Waals surface area contributed by atoms with E-state index in [0.29, 0.717) is 6.54 Å². The molecular formula is C13H21N3O. The Balaban J connectivity index is 2.03. The lowest BCUT2D eigenvalue weighted by atomic mass is 9.78. The molecule has 0 bridgehead atoms. The van der Waals surface area contributed by atoms with Gasteiger partial charge in [-0.05, 0) is 37.7 Å². The molecule has 0 spiro atoms. The van der Waals surface area contributed by atoms with Gasteiger partial charge in [-0.15, -0.1) is 0 Å². The molecule has 4 heteroatoms. The van der Waals surface area contributed by atoms with E-state index in [1.54, 1.807) is 6.20 Å². The van der Waals surface area contributed by atoms with E-state index in [9.17, 15) is 5.11 Å². The molecule has 94 valence electrons. The van der Waals surface area contributed by atoms with E-state index < -0.39 is 5.60 Å². The Kier molecular flexibility index (Phi) is 3.08. The summed E-state index contributed by atoms with van der Waals surface area (Å²) in [4.78, 5) is 8.33. The predicted molar refractivity (Wildman–Crippen MR) is 67.8 cm³/mol. The zero-order valence-corrected chi connectivity index (χ0v) is 10.8. The lowest BCUT2D eigenvalue weighted by molar-refractivity contribution is -0.0303. The fourth-order valence-corrected chi connectivity index (χ4v) is 2.51. The van der Waals surface area contributed by atoms with Gasteiger partial charge in [0.05, 0.1) is 5.60 Å². The summed E-state index contributed by atoms with van der Waals surface area (Å²) < 4.78 is 0. The van der Waals surface area contributed by atoms with Gasteiger partial charge in [-0.3, -0.25) is 0 Å². The van der Waals surface area contributed by atoms with Gasteiger partial charge in [0, 0.05) is 12.7 Å². The van der Waals surface area contributed by atoms with Crippen molar-refractivity contribution in [3.63, 3.8) is 0 Å². The Labute approximate surface area is 102 Å². The summed E-state index contributed by atoms with van der Waals surface area (Å²) in [6, 6.07) is 1.83. The second kappa shape index (κ2) is 4.26. The van der Waals surface area contributed by atoms with Gasteiger partial charge < -0.3 is 10.4 Å². The van der Waals surface area contributed by atoms with Crippen molar-refractivity contribution >= 4 is 5.82 Å². The van der Waals surface area contributed by atoms with Crippen molar-refractivity contribution in [2.45, 2.75) is 45.6 Å². The standard InChI is InChI=1S/C13H21N3O/c1-10-14-8-5-11(16-10)15-9-13(17)7-4-6-12(13,2)3/h5,8,17H,4,6-7,9H2,1-3H3,(H,14,15,16). The number of nitrogens with zero attached hydrogens (tertiary/aromatic N) is 2. The molecule has 2 N–H and O–H groups in total. The molecule has 1 unspecified atom stereocenters. The van der Waals surface area contributed by atoms with Gasteiger partial charge in [0.2, 0.25) is 0 Å². The minimum Gasteiger partial charge on any atom is -0.387 e. The molecule has 1 atom stereocenters. The molecule has 0 saturated heterocycles. The van der Waals surface area contributed by atoms with Crippen LogP contribution >= 0.6 is 0 Å². The smallest absolute Gasteiger partial charge is 0.129 e. The van der Waals surface area contributed by atoms with Crippen molar-refractivity contribution in [2.24, 2.45) is 5.41 Å². The summed E-state index contributed by atoms with van der Waals surface area (Å²) >= 11 is 0. The van der Waals surface area contributed by atoms with Crippen molar-refractivity contribution in [1.29, 1.82) is 0 Å². The Morgan fingerprint density at radius 3 is 2.76 bits per heavy atom. The Morgan fingerprint density at radius 2 is 2.18 bits per heavy atom. The Hall–Kier alpha value is -1.16. The second-order valence-electron chi connectivity index (χ2n) is 5.61. The van der Waals surface area contributed by atoms with Crippen molar-refractivity contribution in [3.05, 3.63) is 18.1 Å². The summed E-state index contributed by atoms with van der Waals surface area (Å²) in [7, 11) is 0. The van der Waals surface area contributed by atoms with Crippen LogP contribution in [-0.4, -0.2) is 27.2 Å². The first-order valence-electron chi connectivity index (χ1n) is 6.19. The summed E-state index contributed by atoms with van der Waals surface area (Å²) in [5.41, 5.74) is -0.659. The third kappa shape index (κ3) is 2.41. The van der Waals surface area contributed by atoms with Gasteiger partial charge in [-0.1, -0.05) is 13.8 Å². The molecule has 1 aromatic heterocycles. The normalized spacial score (nSPS) is 27.1. The highest BCUT2D eigenvalue weighted by atomic mass is 16.3. The van der Waals surface area contributed by atoms with Gasteiger partial charge >= 0.3 is 0 Å². The number of aliphatic hydroxyl groups is 1. The zero-order valence-electron chi connectivity index (χ0n) is 10.8. The maximum atomic E-state index is 10.6. The van der Waals surface area contributed by atoms with Crippen LogP contribution in [0.3, 0.4) is 0 Å². The largest absolute Gasteiger partial charge is 0.387 e. The van der Waals surface area contributed by atoms with Gasteiger partial charge in [0.25, 0.3) is 0 Å². The molecule has 1 saturated carbocycles. The van der Waals surface area contributed by atoms with E-state index in [1.807, 2.05) is 13.0 Å². The van der Waals surface area contributed by atoms with Crippen LogP contribution in [0.5, 0.6) is 0 Å². The number of hydrogen-bond acceptors (Lipinski definition) is 4. The first kappa shape index (κ1) is 12.3. The molecule has 1 aliphatic carbocycles. The van der Waals surface area contributed by atoms with Crippen LogP contribution in [0, 0.1) is 12.3 Å². The fourth-order valence-electron chi connectivity index (χ4n) is 2.51. The minimum atomic E-state index is -0.633. The molecule has 0 aromatic carbocycles. The lowest BCUT2D eigenvalue weighted by Crippen LogP contribution is -2.45. The average Bonchev–Trinajstić information content (AvgIpc) is 2.51. The molecule has 0 radical (unpaired) electrons. The highest BCUT2D eigenvalue weighted by Crippen LogP contribution is 2.45. The summed E-state index contributed by atoms with van der Waals surface area (Å²) in [5.74, 6) is 1.53. The number of hydrogen-bond donors (Lipinski definition) is 2. The van der Waals surface area contributed by atoms with E-state index in [-0.39, 0.29) is 5.41 Å². The molecule has 1 fully saturated rings. The maximum absolute atomic E-state index is 10.6. The van der Waals surface area contributed by atoms with Crippen LogP contribution in [0.4, 0.5) is 5.82 Å². The van der Waals surface area contributed by atoms with E-state index in [2.05, 4.69) is 29.1 Å². The third-order valence-electron chi connectivity index (χ3n) is 3.99. The monoisotopic (exact) mass is 235 g/mol. The maximum Gasteiger partial charge on any atom is 0.129 e. The van der Waals surface area contributed by atoms with Gasteiger partial charge in [0.1, 0.15) is 11.6 Å². The molecule has 1 heterocycles. The number of anilines is 1. The molecule has 2 rings (SSSR count). The second-order valence-corrected chi connectivity index (χ2v) is 5.61. The Bertz CT molecular complexity index is 405. The summed E-state index contributed by atoms with van der Waals surface area (Å²) in [6.45, 7) is 6.68. The van der Waals surface area contributed by atoms with E-state index in [1.165, 1.54) is 0 Å². The van der Waals surface area contributed by atoms with Crippen LogP contribution < -0.4 is 5.32 Å². The van der Waals surface area contributed by atoms with Crippen molar-refractivity contribution in [2.75, 3.05) is 11.9 Å². The van der Waals surface area contributed by atoms with E-state index >= 15 is 0 Å². The van der Waals surface area contributed by atoms with Crippen molar-refractivity contribution in [1.82, 2.24) is 9.97 Å². The zero-order chi connectivity index (χ0) is 12.5. The SMILES string of the molecule is Cc1nccc(NCC2(O)CCCC2(C)C)n1. The summed E-state index contributed by atoms with van der Waals surface area (Å²) in [5, 5.41) is 13.9. The molecule has 0 aliphatic heterocycles. The van der Waals surface area contributed by atoms with Gasteiger partial charge in [-0.25, -0.2) is 9.97 Å². The van der Waals surface area contributed by atoms with E-state index in [4.69, 9.17) is 0 Å². The number of rotatable bonds is 3. The van der Waals surface area contributed by atoms with Crippen molar-refractivity contribution in [3.8, 4) is 0 Å². The predicted octanol–water partition coefficient (Wildman–Crippen LogP) is 2.14. The third-order valence-corrected chi connectivity index (χ3v) is 3.99. The number of aromatic nitrogens is 2. The first-order valence-corrected chi connectivity index (χ1v) is 6.19. The summed E-state index contributed by atoms with van der Waals surface area (Å²) in [6.07, 6.45) is 4.76. The molecule has 1 aliphatic rings. The highest BCUT2D eigenvalue weighted by Gasteiger charge is 2.47.